The van der Waals surface area contributed by atoms with Gasteiger partial charge in [-0.05, 0) is 37.6 Å². The normalized spacial score (nSPS) is 20.4. The number of methoxy groups -OCH3 is 2. The van der Waals surface area contributed by atoms with Gasteiger partial charge in [0.15, 0.2) is 0 Å². The van der Waals surface area contributed by atoms with Crippen LogP contribution in [0.1, 0.15) is 31.2 Å². The lowest BCUT2D eigenvalue weighted by Gasteiger charge is -2.29. The number of nitrogens with zero attached hydrogens (tertiary/aromatic N) is 1. The van der Waals surface area contributed by atoms with E-state index in [0.29, 0.717) is 0 Å². The molecular weight excluding hydrogens is 254 g/mol. The van der Waals surface area contributed by atoms with Crippen LogP contribution in [0.3, 0.4) is 0 Å². The summed E-state index contributed by atoms with van der Waals surface area (Å²) in [6.07, 6.45) is 4.73. The van der Waals surface area contributed by atoms with Crippen molar-refractivity contribution in [1.82, 2.24) is 4.90 Å². The minimum absolute atomic E-state index is 0.228. The first-order valence-corrected chi connectivity index (χ1v) is 7.34. The Bertz CT molecular complexity index is 422. The molecule has 0 bridgehead atoms. The molecule has 1 heterocycles. The minimum Gasteiger partial charge on any atom is -0.497 e. The van der Waals surface area contributed by atoms with E-state index in [9.17, 15) is 5.11 Å². The third-order valence-electron chi connectivity index (χ3n) is 4.07. The van der Waals surface area contributed by atoms with Crippen LogP contribution in [0.2, 0.25) is 0 Å². The van der Waals surface area contributed by atoms with Crippen LogP contribution in [0.5, 0.6) is 11.5 Å². The molecule has 0 spiro atoms. The van der Waals surface area contributed by atoms with E-state index >= 15 is 0 Å². The zero-order chi connectivity index (χ0) is 14.4. The maximum atomic E-state index is 9.59. The van der Waals surface area contributed by atoms with Crippen molar-refractivity contribution in [1.29, 1.82) is 0 Å². The van der Waals surface area contributed by atoms with Crippen molar-refractivity contribution < 1.29 is 14.6 Å². The molecule has 1 atom stereocenters. The predicted octanol–water partition coefficient (Wildman–Crippen LogP) is 2.44. The first kappa shape index (κ1) is 15.1. The Balaban J connectivity index is 2.17. The van der Waals surface area contributed by atoms with Crippen LogP contribution in [0, 0.1) is 0 Å². The lowest BCUT2D eigenvalue weighted by atomic mass is 10.1. The van der Waals surface area contributed by atoms with Crippen LogP contribution < -0.4 is 9.47 Å². The lowest BCUT2D eigenvalue weighted by molar-refractivity contribution is 0.117. The summed E-state index contributed by atoms with van der Waals surface area (Å²) in [5.41, 5.74) is 1.12. The van der Waals surface area contributed by atoms with E-state index in [1.165, 1.54) is 19.3 Å². The van der Waals surface area contributed by atoms with E-state index in [4.69, 9.17) is 9.47 Å². The highest BCUT2D eigenvalue weighted by Crippen LogP contribution is 2.27. The number of likely N-dealkylation sites (tertiary alicyclic amines) is 1. The van der Waals surface area contributed by atoms with Gasteiger partial charge in [0, 0.05) is 18.2 Å². The minimum atomic E-state index is 0.228. The summed E-state index contributed by atoms with van der Waals surface area (Å²) in [5, 5.41) is 9.59. The van der Waals surface area contributed by atoms with Gasteiger partial charge in [0.05, 0.1) is 20.8 Å². The Hall–Kier alpha value is -1.26. The number of benzene rings is 1. The molecule has 20 heavy (non-hydrogen) atoms. The predicted molar refractivity (Wildman–Crippen MR) is 79.3 cm³/mol. The Morgan fingerprint density at radius 2 is 2.05 bits per heavy atom. The van der Waals surface area contributed by atoms with Gasteiger partial charge in [-0.3, -0.25) is 4.90 Å². The molecule has 4 nitrogen and oxygen atoms in total. The molecule has 4 heteroatoms. The highest BCUT2D eigenvalue weighted by atomic mass is 16.5. The van der Waals surface area contributed by atoms with Crippen molar-refractivity contribution in [2.24, 2.45) is 0 Å². The number of aliphatic hydroxyl groups excluding tert-OH is 1. The van der Waals surface area contributed by atoms with Crippen LogP contribution in [0.15, 0.2) is 18.2 Å². The van der Waals surface area contributed by atoms with Crippen molar-refractivity contribution in [3.63, 3.8) is 0 Å². The number of hydrogen-bond donors (Lipinski definition) is 1. The summed E-state index contributed by atoms with van der Waals surface area (Å²) in [4.78, 5) is 2.37. The summed E-state index contributed by atoms with van der Waals surface area (Å²) < 4.78 is 10.7. The summed E-state index contributed by atoms with van der Waals surface area (Å²) in [5.74, 6) is 1.72. The van der Waals surface area contributed by atoms with Gasteiger partial charge in [-0.2, -0.15) is 0 Å². The van der Waals surface area contributed by atoms with Gasteiger partial charge in [0.25, 0.3) is 0 Å². The number of ether oxygens (including phenoxy) is 2. The van der Waals surface area contributed by atoms with Gasteiger partial charge in [-0.25, -0.2) is 0 Å². The van der Waals surface area contributed by atoms with Crippen LogP contribution in [-0.4, -0.2) is 43.4 Å². The van der Waals surface area contributed by atoms with E-state index in [2.05, 4.69) is 4.90 Å². The quantitative estimate of drug-likeness (QED) is 0.899. The second-order valence-corrected chi connectivity index (χ2v) is 5.33. The molecular formula is C16H25NO3. The molecule has 1 N–H and O–H groups in total. The fraction of sp³-hybridized carbons (Fsp3) is 0.625. The third-order valence-corrected chi connectivity index (χ3v) is 4.07. The highest BCUT2D eigenvalue weighted by molar-refractivity contribution is 5.40. The van der Waals surface area contributed by atoms with Gasteiger partial charge >= 0.3 is 0 Å². The molecule has 1 aromatic rings. The van der Waals surface area contributed by atoms with Crippen LogP contribution in [-0.2, 0) is 6.54 Å². The van der Waals surface area contributed by atoms with Gasteiger partial charge in [0.2, 0.25) is 0 Å². The van der Waals surface area contributed by atoms with E-state index in [1.807, 2.05) is 18.2 Å². The number of aliphatic hydroxyl groups is 1. The molecule has 0 amide bonds. The Labute approximate surface area is 121 Å². The maximum Gasteiger partial charge on any atom is 0.123 e. The SMILES string of the molecule is COc1ccc(OC)c(CN2CCCCCC2CO)c1. The Kier molecular flexibility index (Phi) is 5.68. The maximum absolute atomic E-state index is 9.59. The second-order valence-electron chi connectivity index (χ2n) is 5.33. The molecule has 2 rings (SSSR count). The monoisotopic (exact) mass is 279 g/mol. The van der Waals surface area contributed by atoms with E-state index in [0.717, 1.165) is 36.6 Å². The van der Waals surface area contributed by atoms with Gasteiger partial charge in [-0.1, -0.05) is 12.8 Å². The van der Waals surface area contributed by atoms with Crippen molar-refractivity contribution in [2.75, 3.05) is 27.4 Å². The molecule has 1 aliphatic heterocycles. The third kappa shape index (κ3) is 3.64. The molecule has 0 aromatic heterocycles. The van der Waals surface area contributed by atoms with E-state index in [-0.39, 0.29) is 12.6 Å². The fourth-order valence-electron chi connectivity index (χ4n) is 2.88. The topological polar surface area (TPSA) is 41.9 Å². The van der Waals surface area contributed by atoms with Crippen molar-refractivity contribution in [2.45, 2.75) is 38.3 Å². The van der Waals surface area contributed by atoms with Gasteiger partial charge in [-0.15, -0.1) is 0 Å². The second kappa shape index (κ2) is 7.50. The van der Waals surface area contributed by atoms with Crippen molar-refractivity contribution in [3.05, 3.63) is 23.8 Å². The molecule has 1 aliphatic rings. The van der Waals surface area contributed by atoms with Gasteiger partial charge in [0.1, 0.15) is 11.5 Å². The number of hydrogen-bond acceptors (Lipinski definition) is 4. The molecule has 0 aliphatic carbocycles. The average Bonchev–Trinajstić information content (AvgIpc) is 2.72. The van der Waals surface area contributed by atoms with Crippen molar-refractivity contribution >= 4 is 0 Å². The average molecular weight is 279 g/mol. The zero-order valence-electron chi connectivity index (χ0n) is 12.5. The first-order chi connectivity index (χ1) is 9.78. The van der Waals surface area contributed by atoms with Crippen LogP contribution in [0.4, 0.5) is 0 Å². The molecule has 0 radical (unpaired) electrons. The van der Waals surface area contributed by atoms with Crippen molar-refractivity contribution in [3.8, 4) is 11.5 Å². The molecule has 1 unspecified atom stereocenters. The number of rotatable bonds is 5. The van der Waals surface area contributed by atoms with Crippen LogP contribution in [0.25, 0.3) is 0 Å². The molecule has 112 valence electrons. The largest absolute Gasteiger partial charge is 0.497 e. The fourth-order valence-corrected chi connectivity index (χ4v) is 2.88. The highest BCUT2D eigenvalue weighted by Gasteiger charge is 2.21. The van der Waals surface area contributed by atoms with E-state index < -0.39 is 0 Å². The summed E-state index contributed by atoms with van der Waals surface area (Å²) in [7, 11) is 3.37. The lowest BCUT2D eigenvalue weighted by Crippen LogP contribution is -2.37. The standard InChI is InChI=1S/C16H25NO3/c1-19-15-7-8-16(20-2)13(10-15)11-17-9-5-3-4-6-14(17)12-18/h7-8,10,14,18H,3-6,9,11-12H2,1-2H3. The molecule has 1 aromatic carbocycles. The first-order valence-electron chi connectivity index (χ1n) is 7.34. The summed E-state index contributed by atoms with van der Waals surface area (Å²) in [6.45, 7) is 2.06. The smallest absolute Gasteiger partial charge is 0.123 e. The van der Waals surface area contributed by atoms with Gasteiger partial charge < -0.3 is 14.6 Å². The van der Waals surface area contributed by atoms with E-state index in [1.54, 1.807) is 14.2 Å². The Morgan fingerprint density at radius 3 is 2.75 bits per heavy atom. The molecule has 0 saturated carbocycles. The van der Waals surface area contributed by atoms with Crippen LogP contribution >= 0.6 is 0 Å². The summed E-state index contributed by atoms with van der Waals surface area (Å²) >= 11 is 0. The Morgan fingerprint density at radius 1 is 1.20 bits per heavy atom. The molecule has 1 saturated heterocycles. The zero-order valence-corrected chi connectivity index (χ0v) is 12.5. The molecule has 1 fully saturated rings. The summed E-state index contributed by atoms with van der Waals surface area (Å²) in [6, 6.07) is 6.14.